The molecule has 0 aliphatic carbocycles. The lowest BCUT2D eigenvalue weighted by molar-refractivity contribution is -0.0207. The van der Waals surface area contributed by atoms with Crippen LogP contribution in [0.25, 0.3) is 0 Å². The minimum Gasteiger partial charge on any atom is -0.444 e. The van der Waals surface area contributed by atoms with E-state index in [9.17, 15) is 13.2 Å². The van der Waals surface area contributed by atoms with E-state index in [4.69, 9.17) is 4.74 Å². The van der Waals surface area contributed by atoms with Gasteiger partial charge in [0.15, 0.2) is 0 Å². The molecule has 0 aromatic heterocycles. The van der Waals surface area contributed by atoms with Crippen LogP contribution in [0.5, 0.6) is 0 Å². The van der Waals surface area contributed by atoms with E-state index in [0.29, 0.717) is 13.1 Å². The van der Waals surface area contributed by atoms with Crippen LogP contribution in [0.1, 0.15) is 27.7 Å². The molecule has 0 bridgehead atoms. The normalized spacial score (nSPS) is 19.7. The van der Waals surface area contributed by atoms with Crippen molar-refractivity contribution in [3.8, 4) is 0 Å². The van der Waals surface area contributed by atoms with Crippen LogP contribution in [0.3, 0.4) is 0 Å². The van der Waals surface area contributed by atoms with Gasteiger partial charge in [0.05, 0.1) is 5.75 Å². The highest BCUT2D eigenvalue weighted by Gasteiger charge is 2.44. The molecule has 0 aromatic carbocycles. The summed E-state index contributed by atoms with van der Waals surface area (Å²) in [7, 11) is -3.01. The molecule has 0 saturated carbocycles. The summed E-state index contributed by atoms with van der Waals surface area (Å²) in [5.74, 6) is 0.110. The fourth-order valence-corrected chi connectivity index (χ4v) is 3.50. The second kappa shape index (κ2) is 4.15. The Balaban J connectivity index is 2.49. The molecule has 1 saturated heterocycles. The SMILES string of the molecule is CC1(CS(C)(=O)=O)CN(C(=O)OC(C)(C)C)C1. The zero-order valence-electron chi connectivity index (χ0n) is 11.1. The minimum atomic E-state index is -3.01. The van der Waals surface area contributed by atoms with E-state index in [-0.39, 0.29) is 17.3 Å². The van der Waals surface area contributed by atoms with Crippen LogP contribution in [0.15, 0.2) is 0 Å². The number of hydrogen-bond donors (Lipinski definition) is 0. The van der Waals surface area contributed by atoms with Gasteiger partial charge in [0.2, 0.25) is 0 Å². The average Bonchev–Trinajstić information content (AvgIpc) is 1.92. The van der Waals surface area contributed by atoms with Gasteiger partial charge in [-0.05, 0) is 20.8 Å². The molecule has 17 heavy (non-hydrogen) atoms. The van der Waals surface area contributed by atoms with Crippen LogP contribution in [-0.2, 0) is 14.6 Å². The largest absolute Gasteiger partial charge is 0.444 e. The Bertz CT molecular complexity index is 402. The number of carbonyl (C=O) groups excluding carboxylic acids is 1. The summed E-state index contributed by atoms with van der Waals surface area (Å²) in [6, 6.07) is 0. The van der Waals surface area contributed by atoms with Gasteiger partial charge >= 0.3 is 6.09 Å². The second-order valence-electron chi connectivity index (χ2n) is 6.22. The van der Waals surface area contributed by atoms with E-state index in [1.54, 1.807) is 20.8 Å². The molecule has 0 N–H and O–H groups in total. The van der Waals surface area contributed by atoms with Gasteiger partial charge in [0.25, 0.3) is 0 Å². The molecule has 1 heterocycles. The summed E-state index contributed by atoms with van der Waals surface area (Å²) in [6.45, 7) is 8.17. The fourth-order valence-electron chi connectivity index (χ4n) is 2.06. The highest BCUT2D eigenvalue weighted by molar-refractivity contribution is 7.90. The van der Waals surface area contributed by atoms with Gasteiger partial charge in [0, 0.05) is 24.8 Å². The first-order valence-corrected chi connectivity index (χ1v) is 7.62. The van der Waals surface area contributed by atoms with E-state index in [0.717, 1.165) is 0 Å². The fraction of sp³-hybridized carbons (Fsp3) is 0.909. The molecule has 0 atom stereocenters. The van der Waals surface area contributed by atoms with Crippen molar-refractivity contribution in [3.05, 3.63) is 0 Å². The Morgan fingerprint density at radius 3 is 2.18 bits per heavy atom. The maximum absolute atomic E-state index is 11.6. The number of carbonyl (C=O) groups is 1. The number of nitrogens with zero attached hydrogens (tertiary/aromatic N) is 1. The highest BCUT2D eigenvalue weighted by Crippen LogP contribution is 2.32. The van der Waals surface area contributed by atoms with Gasteiger partial charge in [-0.2, -0.15) is 0 Å². The van der Waals surface area contributed by atoms with Crippen molar-refractivity contribution in [2.24, 2.45) is 5.41 Å². The molecule has 1 fully saturated rings. The van der Waals surface area contributed by atoms with Gasteiger partial charge in [-0.3, -0.25) is 0 Å². The molecule has 0 unspecified atom stereocenters. The van der Waals surface area contributed by atoms with Gasteiger partial charge in [0.1, 0.15) is 15.4 Å². The molecular formula is C11H21NO4S. The second-order valence-corrected chi connectivity index (χ2v) is 8.36. The Hall–Kier alpha value is -0.780. The van der Waals surface area contributed by atoms with Crippen molar-refractivity contribution in [3.63, 3.8) is 0 Å². The molecule has 0 aromatic rings. The number of ether oxygens (including phenoxy) is 1. The quantitative estimate of drug-likeness (QED) is 0.753. The Kier molecular flexibility index (Phi) is 3.49. The number of rotatable bonds is 2. The molecule has 6 heteroatoms. The van der Waals surface area contributed by atoms with Crippen molar-refractivity contribution in [2.45, 2.75) is 33.3 Å². The summed E-state index contributed by atoms with van der Waals surface area (Å²) in [5, 5.41) is 0. The summed E-state index contributed by atoms with van der Waals surface area (Å²) in [4.78, 5) is 13.2. The third kappa shape index (κ3) is 4.53. The topological polar surface area (TPSA) is 63.7 Å². The predicted octanol–water partition coefficient (Wildman–Crippen LogP) is 1.29. The number of sulfone groups is 1. The standard InChI is InChI=1S/C11H21NO4S/c1-10(2,3)16-9(13)12-6-11(4,7-12)8-17(5,14)15/h6-8H2,1-5H3. The molecule has 5 nitrogen and oxygen atoms in total. The summed E-state index contributed by atoms with van der Waals surface area (Å²) < 4.78 is 27.6. The summed E-state index contributed by atoms with van der Waals surface area (Å²) in [5.41, 5.74) is -0.843. The molecule has 1 aliphatic heterocycles. The van der Waals surface area contributed by atoms with Crippen LogP contribution in [0, 0.1) is 5.41 Å². The first-order chi connectivity index (χ1) is 7.40. The zero-order chi connectivity index (χ0) is 13.5. The first kappa shape index (κ1) is 14.3. The number of amides is 1. The lowest BCUT2D eigenvalue weighted by atomic mass is 9.84. The zero-order valence-corrected chi connectivity index (χ0v) is 11.9. The minimum absolute atomic E-state index is 0.110. The maximum atomic E-state index is 11.6. The van der Waals surface area contributed by atoms with Crippen LogP contribution < -0.4 is 0 Å². The Morgan fingerprint density at radius 1 is 1.35 bits per heavy atom. The molecular weight excluding hydrogens is 242 g/mol. The van der Waals surface area contributed by atoms with Crippen LogP contribution in [0.4, 0.5) is 4.79 Å². The van der Waals surface area contributed by atoms with Crippen LogP contribution in [-0.4, -0.2) is 50.1 Å². The first-order valence-electron chi connectivity index (χ1n) is 5.56. The van der Waals surface area contributed by atoms with Crippen molar-refractivity contribution in [1.82, 2.24) is 4.90 Å². The monoisotopic (exact) mass is 263 g/mol. The number of hydrogen-bond acceptors (Lipinski definition) is 4. The summed E-state index contributed by atoms with van der Waals surface area (Å²) in [6.07, 6.45) is 0.845. The van der Waals surface area contributed by atoms with E-state index < -0.39 is 15.4 Å². The van der Waals surface area contributed by atoms with Gasteiger partial charge in [-0.15, -0.1) is 0 Å². The third-order valence-electron chi connectivity index (χ3n) is 2.41. The molecule has 1 rings (SSSR count). The Morgan fingerprint density at radius 2 is 1.82 bits per heavy atom. The van der Waals surface area contributed by atoms with Crippen molar-refractivity contribution in [2.75, 3.05) is 25.1 Å². The van der Waals surface area contributed by atoms with Crippen LogP contribution in [0.2, 0.25) is 0 Å². The van der Waals surface area contributed by atoms with E-state index in [1.807, 2.05) is 6.92 Å². The van der Waals surface area contributed by atoms with Gasteiger partial charge < -0.3 is 9.64 Å². The lowest BCUT2D eigenvalue weighted by Crippen LogP contribution is -2.60. The van der Waals surface area contributed by atoms with Gasteiger partial charge in [-0.25, -0.2) is 13.2 Å². The van der Waals surface area contributed by atoms with E-state index in [2.05, 4.69) is 0 Å². The molecule has 0 radical (unpaired) electrons. The maximum Gasteiger partial charge on any atom is 0.410 e. The van der Waals surface area contributed by atoms with Crippen molar-refractivity contribution >= 4 is 15.9 Å². The van der Waals surface area contributed by atoms with E-state index >= 15 is 0 Å². The number of likely N-dealkylation sites (tertiary alicyclic amines) is 1. The summed E-state index contributed by atoms with van der Waals surface area (Å²) >= 11 is 0. The third-order valence-corrected chi connectivity index (χ3v) is 3.63. The predicted molar refractivity (Wildman–Crippen MR) is 65.6 cm³/mol. The van der Waals surface area contributed by atoms with Crippen molar-refractivity contribution in [1.29, 1.82) is 0 Å². The smallest absolute Gasteiger partial charge is 0.410 e. The Labute approximate surface area is 103 Å². The molecule has 100 valence electrons. The highest BCUT2D eigenvalue weighted by atomic mass is 32.2. The lowest BCUT2D eigenvalue weighted by Gasteiger charge is -2.47. The van der Waals surface area contributed by atoms with Crippen LogP contribution >= 0.6 is 0 Å². The average molecular weight is 263 g/mol. The molecule has 1 amide bonds. The van der Waals surface area contributed by atoms with E-state index in [1.165, 1.54) is 11.2 Å². The molecule has 1 aliphatic rings. The molecule has 0 spiro atoms. The van der Waals surface area contributed by atoms with Gasteiger partial charge in [-0.1, -0.05) is 6.92 Å². The van der Waals surface area contributed by atoms with Crippen molar-refractivity contribution < 1.29 is 17.9 Å².